The van der Waals surface area contributed by atoms with Crippen LogP contribution in [0.25, 0.3) is 0 Å². The van der Waals surface area contributed by atoms with Gasteiger partial charge in [-0.05, 0) is 120 Å². The molecule has 16 atom stereocenters. The molecule has 66 heavy (non-hydrogen) atoms. The first-order valence-corrected chi connectivity index (χ1v) is 23.7. The number of aliphatic hydroxyl groups excluding tert-OH is 4. The highest BCUT2D eigenvalue weighted by Crippen LogP contribution is 2.42. The molecule has 2 amide bonds. The van der Waals surface area contributed by atoms with E-state index >= 15 is 0 Å². The van der Waals surface area contributed by atoms with Crippen LogP contribution in [-0.4, -0.2) is 178 Å². The molecule has 0 aromatic rings. The second kappa shape index (κ2) is 24.1. The second-order valence-electron chi connectivity index (χ2n) is 20.7. The summed E-state index contributed by atoms with van der Waals surface area (Å²) < 4.78 is 49.2. The molecule has 0 saturated carbocycles. The van der Waals surface area contributed by atoms with Gasteiger partial charge in [0.15, 0.2) is 12.6 Å². The summed E-state index contributed by atoms with van der Waals surface area (Å²) in [5.41, 5.74) is -1.84. The van der Waals surface area contributed by atoms with Crippen LogP contribution >= 0.6 is 0 Å². The average molecular weight is 945 g/mol. The van der Waals surface area contributed by atoms with E-state index in [4.69, 9.17) is 37.9 Å². The maximum Gasteiger partial charge on any atom is 0.217 e. The van der Waals surface area contributed by atoms with Crippen LogP contribution in [0.3, 0.4) is 0 Å². The summed E-state index contributed by atoms with van der Waals surface area (Å²) in [7, 11) is 2.93. The molecule has 0 bridgehead atoms. The van der Waals surface area contributed by atoms with Crippen molar-refractivity contribution in [2.24, 2.45) is 0 Å². The van der Waals surface area contributed by atoms with Gasteiger partial charge in [0.25, 0.3) is 0 Å². The Hall–Kier alpha value is -2.14. The second-order valence-corrected chi connectivity index (χ2v) is 20.7. The zero-order chi connectivity index (χ0) is 49.4. The Kier molecular flexibility index (Phi) is 20.6. The predicted octanol–water partition coefficient (Wildman–Crippen LogP) is 2.60. The Balaban J connectivity index is 1.42. The zero-order valence-corrected chi connectivity index (χ0v) is 41.5. The van der Waals surface area contributed by atoms with E-state index in [0.29, 0.717) is 38.5 Å². The first-order chi connectivity index (χ1) is 30.7. The molecule has 0 aromatic heterocycles. The molecular weight excluding hydrogens is 861 g/mol. The van der Waals surface area contributed by atoms with Gasteiger partial charge in [-0.3, -0.25) is 9.59 Å². The van der Waals surface area contributed by atoms with Crippen LogP contribution in [0.4, 0.5) is 0 Å². The predicted molar refractivity (Wildman–Crippen MR) is 243 cm³/mol. The third-order valence-corrected chi connectivity index (χ3v) is 13.7. The van der Waals surface area contributed by atoms with E-state index in [1.807, 2.05) is 20.8 Å². The van der Waals surface area contributed by atoms with Crippen molar-refractivity contribution in [2.45, 2.75) is 242 Å². The minimum absolute atomic E-state index is 0.000551. The minimum atomic E-state index is -1.38. The largest absolute Gasteiger partial charge is 0.388 e. The Morgan fingerprint density at radius 3 is 1.47 bits per heavy atom. The third-order valence-electron chi connectivity index (χ3n) is 13.7. The fourth-order valence-electron chi connectivity index (χ4n) is 9.60. The topological polar surface area (TPSA) is 253 Å². The van der Waals surface area contributed by atoms with E-state index in [-0.39, 0.29) is 13.2 Å². The lowest BCUT2D eigenvalue weighted by atomic mass is 9.81. The lowest BCUT2D eigenvalue weighted by molar-refractivity contribution is -0.327. The molecule has 0 radical (unpaired) electrons. The first-order valence-electron chi connectivity index (χ1n) is 23.7. The van der Waals surface area contributed by atoms with Crippen molar-refractivity contribution in [1.82, 2.24) is 10.6 Å². The molecule has 4 aliphatic rings. The summed E-state index contributed by atoms with van der Waals surface area (Å²) in [6.45, 7) is 17.5. The standard InChI is InChI=1S/C48H84N2O16/c1-27(18-15-19-35-47(9,22-20-33(63-35)45(5,6)57)65-43-37(49-29(3)51)41(55)39(53)31(61-43)25-59-11)16-13-14-17-28(2)24-36-48(10,23-21-34(64-36)46(7,8)58)66-44-38(50-30(4)52)42(56)40(54)32(62-44)26-60-12/h16-17,31-44,53-58H,13-15,18-26H2,1-12H3,(H,49,51)(H,50,52)/b27-16+,28-17+/t31-,32-,33+,34+,35-,36+,37-,38-,39-,40-,41-,42-,43-,44-,47-,48-/m1/s1. The van der Waals surface area contributed by atoms with Gasteiger partial charge < -0.3 is 79.2 Å². The highest BCUT2D eigenvalue weighted by molar-refractivity contribution is 5.73. The number of rotatable bonds is 21. The number of carbonyl (C=O) groups is 2. The number of nitrogens with one attached hydrogen (secondary N) is 2. The minimum Gasteiger partial charge on any atom is -0.388 e. The summed E-state index contributed by atoms with van der Waals surface area (Å²) >= 11 is 0. The van der Waals surface area contributed by atoms with Gasteiger partial charge in [-0.2, -0.15) is 0 Å². The van der Waals surface area contributed by atoms with Crippen LogP contribution in [0.15, 0.2) is 23.3 Å². The summed E-state index contributed by atoms with van der Waals surface area (Å²) in [5.74, 6) is -0.833. The van der Waals surface area contributed by atoms with Crippen LogP contribution in [-0.2, 0) is 47.5 Å². The summed E-state index contributed by atoms with van der Waals surface area (Å²) in [5, 5.41) is 70.9. The van der Waals surface area contributed by atoms with E-state index in [1.54, 1.807) is 27.7 Å². The third kappa shape index (κ3) is 15.2. The number of unbranched alkanes of at least 4 members (excludes halogenated alkanes) is 1. The molecule has 18 heteroatoms. The smallest absolute Gasteiger partial charge is 0.217 e. The van der Waals surface area contributed by atoms with Crippen molar-refractivity contribution < 1.29 is 78.1 Å². The van der Waals surface area contributed by atoms with Gasteiger partial charge in [0.1, 0.15) is 48.7 Å². The van der Waals surface area contributed by atoms with Crippen molar-refractivity contribution in [3.8, 4) is 0 Å². The molecule has 8 N–H and O–H groups in total. The van der Waals surface area contributed by atoms with Crippen molar-refractivity contribution in [1.29, 1.82) is 0 Å². The lowest BCUT2D eigenvalue weighted by Gasteiger charge is -2.51. The Labute approximate surface area is 392 Å². The average Bonchev–Trinajstić information content (AvgIpc) is 3.21. The molecule has 0 aromatic carbocycles. The summed E-state index contributed by atoms with van der Waals surface area (Å²) in [6, 6.07) is -2.10. The van der Waals surface area contributed by atoms with Crippen molar-refractivity contribution in [3.05, 3.63) is 23.3 Å². The molecule has 4 rings (SSSR count). The monoisotopic (exact) mass is 945 g/mol. The SMILES string of the molecule is COC[C@H]1O[C@H](O[C@]2(C)CC[C@@H](C(C)(C)O)O[C@H]2C/C(C)=C/CC/C=C(\C)CCC[C@H]2O[C@H](C(C)(C)O)CC[C@@]2(C)O[C@H]2O[C@H](COC)[C@@H](O)[C@H](O)[C@H]2NC(C)=O)[C@H](NC(C)=O)[C@@H](O)[C@@H]1O. The molecule has 4 saturated heterocycles. The van der Waals surface area contributed by atoms with Gasteiger partial charge in [-0.25, -0.2) is 0 Å². The van der Waals surface area contributed by atoms with Crippen molar-refractivity contribution >= 4 is 11.8 Å². The Morgan fingerprint density at radius 2 is 1.06 bits per heavy atom. The van der Waals surface area contributed by atoms with Gasteiger partial charge in [0.2, 0.25) is 11.8 Å². The molecule has 4 aliphatic heterocycles. The molecule has 4 heterocycles. The highest BCUT2D eigenvalue weighted by atomic mass is 16.7. The highest BCUT2D eigenvalue weighted by Gasteiger charge is 2.54. The fraction of sp³-hybridized carbons (Fsp3) is 0.875. The van der Waals surface area contributed by atoms with Crippen LogP contribution < -0.4 is 10.6 Å². The molecule has 4 fully saturated rings. The number of aliphatic hydroxyl groups is 6. The quantitative estimate of drug-likeness (QED) is 0.0608. The van der Waals surface area contributed by atoms with Gasteiger partial charge in [-0.15, -0.1) is 0 Å². The first kappa shape index (κ1) is 56.4. The van der Waals surface area contributed by atoms with E-state index < -0.39 is 120 Å². The van der Waals surface area contributed by atoms with Crippen LogP contribution in [0.2, 0.25) is 0 Å². The number of hydrogen-bond acceptors (Lipinski definition) is 16. The van der Waals surface area contributed by atoms with Gasteiger partial charge >= 0.3 is 0 Å². The van der Waals surface area contributed by atoms with Crippen molar-refractivity contribution in [2.75, 3.05) is 27.4 Å². The van der Waals surface area contributed by atoms with E-state index in [9.17, 15) is 40.2 Å². The maximum absolute atomic E-state index is 12.2. The number of allylic oxidation sites excluding steroid dienone is 3. The van der Waals surface area contributed by atoms with E-state index in [2.05, 4.69) is 29.7 Å². The molecule has 0 aliphatic carbocycles. The Bertz CT molecular complexity index is 1620. The maximum atomic E-state index is 12.2. The van der Waals surface area contributed by atoms with Gasteiger partial charge in [0.05, 0.1) is 60.0 Å². The number of ether oxygens (including phenoxy) is 8. The number of amides is 2. The normalized spacial score (nSPS) is 38.5. The van der Waals surface area contributed by atoms with Crippen LogP contribution in [0.1, 0.15) is 133 Å². The summed E-state index contributed by atoms with van der Waals surface area (Å²) in [6.07, 6.45) is -0.792. The fourth-order valence-corrected chi connectivity index (χ4v) is 9.60. The number of methoxy groups -OCH3 is 2. The summed E-state index contributed by atoms with van der Waals surface area (Å²) in [4.78, 5) is 24.4. The van der Waals surface area contributed by atoms with Crippen LogP contribution in [0.5, 0.6) is 0 Å². The molecule has 0 spiro atoms. The van der Waals surface area contributed by atoms with Gasteiger partial charge in [0, 0.05) is 28.1 Å². The number of hydrogen-bond donors (Lipinski definition) is 8. The molecule has 382 valence electrons. The van der Waals surface area contributed by atoms with E-state index in [1.165, 1.54) is 33.6 Å². The Morgan fingerprint density at radius 1 is 0.652 bits per heavy atom. The van der Waals surface area contributed by atoms with Crippen molar-refractivity contribution in [3.63, 3.8) is 0 Å². The van der Waals surface area contributed by atoms with Gasteiger partial charge in [-0.1, -0.05) is 23.3 Å². The molecule has 18 nitrogen and oxygen atoms in total. The number of carbonyl (C=O) groups excluding carboxylic acids is 2. The lowest BCUT2D eigenvalue weighted by Crippen LogP contribution is -2.67. The van der Waals surface area contributed by atoms with E-state index in [0.717, 1.165) is 31.3 Å². The molecular formula is C48H84N2O16. The van der Waals surface area contributed by atoms with Crippen LogP contribution in [0, 0.1) is 0 Å². The molecule has 0 unspecified atom stereocenters. The zero-order valence-electron chi connectivity index (χ0n) is 41.5.